The molecule has 8 rings (SSSR count). The Morgan fingerprint density at radius 1 is 0.470 bits per heavy atom. The van der Waals surface area contributed by atoms with Crippen LogP contribution in [0.1, 0.15) is 108 Å². The first kappa shape index (κ1) is 62.7. The van der Waals surface area contributed by atoms with Crippen LogP contribution in [0.4, 0.5) is 17.6 Å². The van der Waals surface area contributed by atoms with E-state index in [0.717, 1.165) is 64.3 Å². The number of likely N-dealkylation sites (tertiary alicyclic amines) is 2. The molecule has 0 unspecified atom stereocenters. The summed E-state index contributed by atoms with van der Waals surface area (Å²) >= 11 is 0. The highest BCUT2D eigenvalue weighted by molar-refractivity contribution is 5.95. The van der Waals surface area contributed by atoms with E-state index in [4.69, 9.17) is 28.4 Å². The molecule has 0 saturated carbocycles. The van der Waals surface area contributed by atoms with E-state index in [1.807, 2.05) is 0 Å². The van der Waals surface area contributed by atoms with Crippen molar-refractivity contribution in [2.75, 3.05) is 66.7 Å². The number of ether oxygens (including phenoxy) is 6. The minimum atomic E-state index is -1.56. The van der Waals surface area contributed by atoms with Crippen molar-refractivity contribution in [2.24, 2.45) is 11.8 Å². The number of methoxy groups -OCH3 is 2. The summed E-state index contributed by atoms with van der Waals surface area (Å²) in [4.78, 5) is 57.2. The third kappa shape index (κ3) is 16.5. The van der Waals surface area contributed by atoms with Crippen LogP contribution in [0, 0.1) is 35.1 Å². The van der Waals surface area contributed by atoms with Gasteiger partial charge in [0.1, 0.15) is 23.3 Å². The van der Waals surface area contributed by atoms with E-state index in [9.17, 15) is 36.7 Å². The van der Waals surface area contributed by atoms with Crippen LogP contribution >= 0.6 is 0 Å². The van der Waals surface area contributed by atoms with E-state index < -0.39 is 46.4 Å². The van der Waals surface area contributed by atoms with Gasteiger partial charge >= 0.3 is 11.9 Å². The molecule has 6 aromatic rings. The van der Waals surface area contributed by atoms with Gasteiger partial charge in [-0.2, -0.15) is 0 Å². The lowest BCUT2D eigenvalue weighted by Crippen LogP contribution is -2.41. The molecular weight excluding hydrogens is 1070 g/mol. The second kappa shape index (κ2) is 29.4. The van der Waals surface area contributed by atoms with Crippen molar-refractivity contribution in [3.8, 4) is 23.0 Å². The van der Waals surface area contributed by atoms with Crippen LogP contribution < -0.4 is 18.9 Å². The van der Waals surface area contributed by atoms with Crippen LogP contribution in [0.25, 0.3) is 0 Å². The zero-order chi connectivity index (χ0) is 58.2. The summed E-state index contributed by atoms with van der Waals surface area (Å²) in [5.74, 6) is -2.02. The highest BCUT2D eigenvalue weighted by atomic mass is 19.1. The maximum atomic E-state index is 14.6. The molecule has 0 aromatic heterocycles. The van der Waals surface area contributed by atoms with Gasteiger partial charge in [-0.3, -0.25) is 9.59 Å². The number of Topliss-reactive ketones (excluding diaryl/α,β-unsaturated/α-hetero) is 2. The highest BCUT2D eigenvalue weighted by Gasteiger charge is 2.43. The number of ketones is 2. The first-order chi connectivity index (χ1) is 39.6. The Labute approximate surface area is 482 Å². The lowest BCUT2D eigenvalue weighted by molar-refractivity contribution is -0.155. The second-order valence-electron chi connectivity index (χ2n) is 21.1. The Kier molecular flexibility index (Phi) is 22.2. The van der Waals surface area contributed by atoms with Gasteiger partial charge in [-0.1, -0.05) is 48.5 Å². The number of halogens is 4. The standard InChI is InChI=1S/C66H70F4N2O10.H2O/c1-45(73)49-7-25-59(61(41-49)77-3)79-39-5-33-71-35-29-47(30-36-71)43-65(51-9-17-55(67)18-10-51,52-11-19-56(68)20-12-52)81-63(75)27-28-64(76)82-66(53-13-21-57(69)22-14-53,54-15-23-58(70)24-16-54)44-48-31-37-72(38-32-48)34-6-40-80-60-26-8-50(46(2)74)42-62(60)78-4;/h7-28,41-42,47-48H,5-6,29-40,43-44H2,1-4H3;1H2/b28-27+;. The van der Waals surface area contributed by atoms with E-state index in [1.54, 1.807) is 36.4 Å². The third-order valence-electron chi connectivity index (χ3n) is 15.6. The van der Waals surface area contributed by atoms with Gasteiger partial charge in [0.05, 0.1) is 27.4 Å². The average molecular weight is 1150 g/mol. The van der Waals surface area contributed by atoms with Gasteiger partial charge in [0.15, 0.2) is 45.8 Å². The first-order valence-corrected chi connectivity index (χ1v) is 27.8. The van der Waals surface area contributed by atoms with Gasteiger partial charge in [-0.05, 0) is 188 Å². The predicted molar refractivity (Wildman–Crippen MR) is 306 cm³/mol. The molecule has 2 aliphatic heterocycles. The molecule has 0 atom stereocenters. The molecule has 0 amide bonds. The Balaban J connectivity index is 0.00000990. The van der Waals surface area contributed by atoms with Gasteiger partial charge in [0.2, 0.25) is 0 Å². The Morgan fingerprint density at radius 2 is 0.771 bits per heavy atom. The normalized spacial score (nSPS) is 14.6. The first-order valence-electron chi connectivity index (χ1n) is 27.8. The molecular formula is C66H72F4N2O11. The van der Waals surface area contributed by atoms with E-state index in [2.05, 4.69) is 9.80 Å². The van der Waals surface area contributed by atoms with Gasteiger partial charge in [0, 0.05) is 58.6 Å². The molecule has 6 aromatic carbocycles. The van der Waals surface area contributed by atoms with Crippen molar-refractivity contribution in [3.05, 3.63) is 202 Å². The zero-order valence-corrected chi connectivity index (χ0v) is 47.3. The molecule has 2 fully saturated rings. The number of piperidine rings is 2. The molecule has 2 heterocycles. The molecule has 2 saturated heterocycles. The van der Waals surface area contributed by atoms with Crippen LogP contribution in [0.15, 0.2) is 146 Å². The van der Waals surface area contributed by atoms with Gasteiger partial charge in [-0.15, -0.1) is 0 Å². The van der Waals surface area contributed by atoms with Crippen LogP contribution in [0.3, 0.4) is 0 Å². The molecule has 83 heavy (non-hydrogen) atoms. The van der Waals surface area contributed by atoms with Crippen LogP contribution in [0.2, 0.25) is 0 Å². The van der Waals surface area contributed by atoms with E-state index in [1.165, 1.54) is 125 Å². The van der Waals surface area contributed by atoms with Crippen molar-refractivity contribution in [1.29, 1.82) is 0 Å². The number of benzene rings is 6. The molecule has 2 N–H and O–H groups in total. The summed E-state index contributed by atoms with van der Waals surface area (Å²) in [6.07, 6.45) is 6.73. The fourth-order valence-corrected chi connectivity index (χ4v) is 11.1. The molecule has 13 nitrogen and oxygen atoms in total. The second-order valence-corrected chi connectivity index (χ2v) is 21.1. The largest absolute Gasteiger partial charge is 0.493 e. The lowest BCUT2D eigenvalue weighted by Gasteiger charge is -2.40. The van der Waals surface area contributed by atoms with E-state index in [-0.39, 0.29) is 41.7 Å². The molecule has 0 aliphatic carbocycles. The van der Waals surface area contributed by atoms with Crippen LogP contribution in [-0.4, -0.2) is 105 Å². The maximum absolute atomic E-state index is 14.6. The topological polar surface area (TPSA) is 162 Å². The number of carbonyl (C=O) groups is 4. The van der Waals surface area contributed by atoms with Crippen LogP contribution in [0.5, 0.6) is 23.0 Å². The van der Waals surface area contributed by atoms with Gasteiger partial charge in [0.25, 0.3) is 0 Å². The number of nitrogens with zero attached hydrogens (tertiary/aromatic N) is 2. The average Bonchev–Trinajstić information content (AvgIpc) is 2.98. The summed E-state index contributed by atoms with van der Waals surface area (Å²) in [7, 11) is 3.05. The van der Waals surface area contributed by atoms with E-state index in [0.29, 0.717) is 95.3 Å². The minimum absolute atomic E-state index is 0. The Hall–Kier alpha value is -7.86. The quantitative estimate of drug-likeness (QED) is 0.0166. The number of hydrogen-bond donors (Lipinski definition) is 0. The summed E-state index contributed by atoms with van der Waals surface area (Å²) in [6, 6.07) is 32.7. The fraction of sp³-hybridized carbons (Fsp3) is 0.364. The van der Waals surface area contributed by atoms with Crippen LogP contribution in [-0.2, 0) is 30.3 Å². The number of esters is 2. The minimum Gasteiger partial charge on any atom is -0.493 e. The highest BCUT2D eigenvalue weighted by Crippen LogP contribution is 2.45. The Morgan fingerprint density at radius 3 is 1.05 bits per heavy atom. The lowest BCUT2D eigenvalue weighted by atomic mass is 9.76. The molecule has 17 heteroatoms. The number of rotatable bonds is 26. The molecule has 0 bridgehead atoms. The summed E-state index contributed by atoms with van der Waals surface area (Å²) in [5.41, 5.74) is -0.285. The summed E-state index contributed by atoms with van der Waals surface area (Å²) in [5, 5.41) is 0. The fourth-order valence-electron chi connectivity index (χ4n) is 11.1. The predicted octanol–water partition coefficient (Wildman–Crippen LogP) is 11.8. The van der Waals surface area contributed by atoms with Crippen molar-refractivity contribution < 1.29 is 70.6 Å². The van der Waals surface area contributed by atoms with Gasteiger partial charge < -0.3 is 43.7 Å². The monoisotopic (exact) mass is 1140 g/mol. The summed E-state index contributed by atoms with van der Waals surface area (Å²) in [6.45, 7) is 8.20. The molecule has 2 aliphatic rings. The van der Waals surface area contributed by atoms with Crippen molar-refractivity contribution >= 4 is 23.5 Å². The zero-order valence-electron chi connectivity index (χ0n) is 47.3. The summed E-state index contributed by atoms with van der Waals surface area (Å²) < 4.78 is 94.6. The number of hydrogen-bond acceptors (Lipinski definition) is 12. The molecule has 440 valence electrons. The Bertz CT molecular complexity index is 2840. The number of carbonyl (C=O) groups excluding carboxylic acids is 4. The maximum Gasteiger partial charge on any atom is 0.332 e. The van der Waals surface area contributed by atoms with E-state index >= 15 is 0 Å². The van der Waals surface area contributed by atoms with Crippen molar-refractivity contribution in [3.63, 3.8) is 0 Å². The smallest absolute Gasteiger partial charge is 0.332 e. The third-order valence-corrected chi connectivity index (χ3v) is 15.6. The molecule has 0 radical (unpaired) electrons. The SMILES string of the molecule is COc1cc(C(C)=O)ccc1OCCCN1CCC(CC(OC(=O)/C=C/C(=O)OC(CC2CCN(CCCOc3ccc(C(C)=O)cc3OC)CC2)(c2ccc(F)cc2)c2ccc(F)cc2)(c2ccc(F)cc2)c2ccc(F)cc2)CC1.O. The van der Waals surface area contributed by atoms with Gasteiger partial charge in [-0.25, -0.2) is 27.2 Å². The molecule has 0 spiro atoms. The van der Waals surface area contributed by atoms with Crippen molar-refractivity contribution in [1.82, 2.24) is 9.80 Å². The van der Waals surface area contributed by atoms with Crippen molar-refractivity contribution in [2.45, 2.75) is 76.4 Å².